The molecule has 2 N–H and O–H groups in total. The Bertz CT molecular complexity index is 461. The summed E-state index contributed by atoms with van der Waals surface area (Å²) in [6.45, 7) is 7.45. The molecule has 1 aromatic carbocycles. The van der Waals surface area contributed by atoms with E-state index in [9.17, 15) is 4.79 Å². The number of benzene rings is 1. The van der Waals surface area contributed by atoms with Gasteiger partial charge in [-0.05, 0) is 23.6 Å². The first-order valence-electron chi connectivity index (χ1n) is 6.44. The van der Waals surface area contributed by atoms with Crippen molar-refractivity contribution in [3.05, 3.63) is 23.8 Å². The van der Waals surface area contributed by atoms with Crippen LogP contribution in [0.2, 0.25) is 0 Å². The van der Waals surface area contributed by atoms with Gasteiger partial charge in [0.1, 0.15) is 0 Å². The Labute approximate surface area is 116 Å². The first-order valence-corrected chi connectivity index (χ1v) is 6.44. The number of nitrogen functional groups attached to an aromatic ring is 1. The summed E-state index contributed by atoms with van der Waals surface area (Å²) in [5.74, 6) is -0.0308. The van der Waals surface area contributed by atoms with Crippen molar-refractivity contribution in [2.24, 2.45) is 5.41 Å². The van der Waals surface area contributed by atoms with E-state index in [0.29, 0.717) is 11.3 Å². The van der Waals surface area contributed by atoms with E-state index < -0.39 is 0 Å². The van der Waals surface area contributed by atoms with E-state index in [1.54, 1.807) is 25.1 Å². The Hall–Kier alpha value is -1.71. The topological polar surface area (TPSA) is 49.6 Å². The molecule has 4 nitrogen and oxygen atoms in total. The maximum atomic E-state index is 11.9. The molecule has 0 aliphatic carbocycles. The highest BCUT2D eigenvalue weighted by molar-refractivity contribution is 5.95. The average molecular weight is 263 g/mol. The van der Waals surface area contributed by atoms with Crippen LogP contribution in [-0.4, -0.2) is 38.5 Å². The van der Waals surface area contributed by atoms with Crippen LogP contribution in [0.25, 0.3) is 0 Å². The molecule has 0 fully saturated rings. The Balaban J connectivity index is 2.98. The second-order valence-electron chi connectivity index (χ2n) is 6.39. The minimum absolute atomic E-state index is 0.0308. The van der Waals surface area contributed by atoms with Crippen LogP contribution in [0.4, 0.5) is 11.4 Å². The molecule has 106 valence electrons. The number of nitrogens with zero attached hydrogens (tertiary/aromatic N) is 2. The molecule has 0 saturated heterocycles. The molecule has 4 heteroatoms. The molecule has 1 rings (SSSR count). The summed E-state index contributed by atoms with van der Waals surface area (Å²) in [5.41, 5.74) is 8.48. The largest absolute Gasteiger partial charge is 0.397 e. The molecule has 1 aromatic rings. The van der Waals surface area contributed by atoms with Crippen LogP contribution in [-0.2, 0) is 0 Å². The van der Waals surface area contributed by atoms with Crippen LogP contribution in [0.1, 0.15) is 31.1 Å². The highest BCUT2D eigenvalue weighted by Gasteiger charge is 2.17. The summed E-state index contributed by atoms with van der Waals surface area (Å²) in [6, 6.07) is 5.49. The Morgan fingerprint density at radius 3 is 2.21 bits per heavy atom. The van der Waals surface area contributed by atoms with Gasteiger partial charge >= 0.3 is 0 Å². The van der Waals surface area contributed by atoms with Gasteiger partial charge < -0.3 is 15.5 Å². The first-order chi connectivity index (χ1) is 8.61. The molecule has 0 aromatic heterocycles. The summed E-state index contributed by atoms with van der Waals surface area (Å²) in [6.07, 6.45) is 0. The smallest absolute Gasteiger partial charge is 0.253 e. The lowest BCUT2D eigenvalue weighted by Crippen LogP contribution is -2.29. The van der Waals surface area contributed by atoms with Crippen LogP contribution < -0.4 is 10.6 Å². The van der Waals surface area contributed by atoms with E-state index in [1.165, 1.54) is 0 Å². The van der Waals surface area contributed by atoms with Crippen molar-refractivity contribution in [2.45, 2.75) is 20.8 Å². The van der Waals surface area contributed by atoms with Crippen LogP contribution in [0.3, 0.4) is 0 Å². The fourth-order valence-electron chi connectivity index (χ4n) is 2.09. The SMILES string of the molecule is CN(C)C(=O)c1ccc(N(C)CC(C)(C)C)c(N)c1. The van der Waals surface area contributed by atoms with Crippen LogP contribution in [0.15, 0.2) is 18.2 Å². The number of hydrogen-bond acceptors (Lipinski definition) is 3. The van der Waals surface area contributed by atoms with Gasteiger partial charge in [-0.15, -0.1) is 0 Å². The van der Waals surface area contributed by atoms with Gasteiger partial charge in [-0.3, -0.25) is 4.79 Å². The van der Waals surface area contributed by atoms with Crippen molar-refractivity contribution in [1.82, 2.24) is 4.90 Å². The van der Waals surface area contributed by atoms with E-state index >= 15 is 0 Å². The molecular weight excluding hydrogens is 238 g/mol. The maximum Gasteiger partial charge on any atom is 0.253 e. The van der Waals surface area contributed by atoms with Gasteiger partial charge in [0.15, 0.2) is 0 Å². The van der Waals surface area contributed by atoms with Crippen molar-refractivity contribution in [3.63, 3.8) is 0 Å². The van der Waals surface area contributed by atoms with Crippen molar-refractivity contribution in [3.8, 4) is 0 Å². The molecule has 0 aliphatic heterocycles. The summed E-state index contributed by atoms with van der Waals surface area (Å²) in [4.78, 5) is 15.5. The van der Waals surface area contributed by atoms with Crippen molar-refractivity contribution in [2.75, 3.05) is 38.3 Å². The zero-order valence-corrected chi connectivity index (χ0v) is 12.8. The summed E-state index contributed by atoms with van der Waals surface area (Å²) >= 11 is 0. The van der Waals surface area contributed by atoms with Crippen LogP contribution >= 0.6 is 0 Å². The van der Waals surface area contributed by atoms with E-state index in [-0.39, 0.29) is 11.3 Å². The molecule has 0 aliphatic rings. The van der Waals surface area contributed by atoms with Crippen molar-refractivity contribution in [1.29, 1.82) is 0 Å². The molecule has 1 amide bonds. The molecule has 19 heavy (non-hydrogen) atoms. The van der Waals surface area contributed by atoms with Crippen molar-refractivity contribution < 1.29 is 4.79 Å². The Morgan fingerprint density at radius 2 is 1.79 bits per heavy atom. The molecule has 0 heterocycles. The lowest BCUT2D eigenvalue weighted by molar-refractivity contribution is 0.0827. The second kappa shape index (κ2) is 5.51. The fraction of sp³-hybridized carbons (Fsp3) is 0.533. The zero-order valence-electron chi connectivity index (χ0n) is 12.8. The van der Waals surface area contributed by atoms with Gasteiger partial charge in [0.05, 0.1) is 11.4 Å². The summed E-state index contributed by atoms with van der Waals surface area (Å²) < 4.78 is 0. The van der Waals surface area contributed by atoms with E-state index in [2.05, 4.69) is 25.7 Å². The third-order valence-corrected chi connectivity index (χ3v) is 2.80. The highest BCUT2D eigenvalue weighted by Crippen LogP contribution is 2.26. The van der Waals surface area contributed by atoms with E-state index in [4.69, 9.17) is 5.73 Å². The monoisotopic (exact) mass is 263 g/mol. The van der Waals surface area contributed by atoms with Gasteiger partial charge in [0, 0.05) is 33.3 Å². The van der Waals surface area contributed by atoms with Crippen LogP contribution in [0, 0.1) is 5.41 Å². The number of anilines is 2. The van der Waals surface area contributed by atoms with Gasteiger partial charge in [-0.25, -0.2) is 0 Å². The Kier molecular flexibility index (Phi) is 4.45. The third kappa shape index (κ3) is 4.16. The maximum absolute atomic E-state index is 11.9. The Morgan fingerprint density at radius 1 is 1.21 bits per heavy atom. The molecule has 0 spiro atoms. The predicted molar refractivity (Wildman–Crippen MR) is 81.6 cm³/mol. The lowest BCUT2D eigenvalue weighted by Gasteiger charge is -2.29. The number of hydrogen-bond donors (Lipinski definition) is 1. The summed E-state index contributed by atoms with van der Waals surface area (Å²) in [5, 5.41) is 0. The summed E-state index contributed by atoms with van der Waals surface area (Å²) in [7, 11) is 5.49. The van der Waals surface area contributed by atoms with Gasteiger partial charge in [0.2, 0.25) is 0 Å². The van der Waals surface area contributed by atoms with Crippen LogP contribution in [0.5, 0.6) is 0 Å². The molecule has 0 radical (unpaired) electrons. The predicted octanol–water partition coefficient (Wildman–Crippen LogP) is 2.45. The second-order valence-corrected chi connectivity index (χ2v) is 6.39. The molecular formula is C15H25N3O. The molecule has 0 atom stereocenters. The quantitative estimate of drug-likeness (QED) is 0.852. The number of carbonyl (C=O) groups excluding carboxylic acids is 1. The fourth-order valence-corrected chi connectivity index (χ4v) is 2.09. The number of nitrogens with two attached hydrogens (primary N) is 1. The van der Waals surface area contributed by atoms with Gasteiger partial charge in [-0.1, -0.05) is 20.8 Å². The minimum atomic E-state index is -0.0308. The van der Waals surface area contributed by atoms with E-state index in [1.807, 2.05) is 19.2 Å². The standard InChI is InChI=1S/C15H25N3O/c1-15(2,3)10-18(6)13-8-7-11(9-12(13)16)14(19)17(4)5/h7-9H,10,16H2,1-6H3. The van der Waals surface area contributed by atoms with Gasteiger partial charge in [-0.2, -0.15) is 0 Å². The zero-order chi connectivity index (χ0) is 14.8. The lowest BCUT2D eigenvalue weighted by atomic mass is 9.96. The highest BCUT2D eigenvalue weighted by atomic mass is 16.2. The van der Waals surface area contributed by atoms with Crippen molar-refractivity contribution >= 4 is 17.3 Å². The number of amides is 1. The third-order valence-electron chi connectivity index (χ3n) is 2.80. The first kappa shape index (κ1) is 15.3. The molecule has 0 unspecified atom stereocenters. The van der Waals surface area contributed by atoms with E-state index in [0.717, 1.165) is 12.2 Å². The average Bonchev–Trinajstić information content (AvgIpc) is 2.25. The molecule has 0 saturated carbocycles. The normalized spacial score (nSPS) is 11.3. The molecule has 0 bridgehead atoms. The van der Waals surface area contributed by atoms with Gasteiger partial charge in [0.25, 0.3) is 5.91 Å². The number of carbonyl (C=O) groups is 1. The number of rotatable bonds is 3. The minimum Gasteiger partial charge on any atom is -0.397 e.